The van der Waals surface area contributed by atoms with Gasteiger partial charge in [-0.15, -0.1) is 0 Å². The summed E-state index contributed by atoms with van der Waals surface area (Å²) in [6.07, 6.45) is 1.68. The Kier molecular flexibility index (Phi) is 3.86. The summed E-state index contributed by atoms with van der Waals surface area (Å²) >= 11 is 0. The van der Waals surface area contributed by atoms with Crippen LogP contribution in [0.15, 0.2) is 66.7 Å². The van der Waals surface area contributed by atoms with Crippen molar-refractivity contribution >= 4 is 28.1 Å². The van der Waals surface area contributed by atoms with Gasteiger partial charge in [-0.05, 0) is 22.4 Å². The molecule has 3 rings (SSSR count). The molecule has 0 saturated carbocycles. The topological polar surface area (TPSA) is 66.9 Å². The van der Waals surface area contributed by atoms with Crippen LogP contribution in [0, 0.1) is 21.4 Å². The van der Waals surface area contributed by atoms with E-state index in [9.17, 15) is 15.4 Å². The van der Waals surface area contributed by atoms with E-state index in [0.717, 1.165) is 16.3 Å². The third-order valence-electron chi connectivity index (χ3n) is 3.59. The Balaban J connectivity index is 2.14. The molecule has 0 heterocycles. The Morgan fingerprint density at radius 2 is 1.78 bits per heavy atom. The first kappa shape index (κ1) is 14.5. The SMILES string of the molecule is N#C/C(=C/c1cccc([N+](=O)[O-])c1)c1cccc2ccccc12. The van der Waals surface area contributed by atoms with Crippen LogP contribution >= 0.6 is 0 Å². The molecule has 0 atom stereocenters. The maximum absolute atomic E-state index is 10.9. The summed E-state index contributed by atoms with van der Waals surface area (Å²) in [5, 5.41) is 22.4. The predicted octanol–water partition coefficient (Wildman–Crippen LogP) is 4.81. The van der Waals surface area contributed by atoms with Crippen molar-refractivity contribution < 1.29 is 4.92 Å². The van der Waals surface area contributed by atoms with Gasteiger partial charge in [0.25, 0.3) is 5.69 Å². The molecule has 0 aliphatic heterocycles. The average Bonchev–Trinajstić information content (AvgIpc) is 2.59. The molecular formula is C19H12N2O2. The summed E-state index contributed by atoms with van der Waals surface area (Å²) in [4.78, 5) is 10.4. The highest BCUT2D eigenvalue weighted by molar-refractivity contribution is 6.01. The highest BCUT2D eigenvalue weighted by Crippen LogP contribution is 2.27. The van der Waals surface area contributed by atoms with Gasteiger partial charge in [-0.2, -0.15) is 5.26 Å². The standard InChI is InChI=1S/C19H12N2O2/c20-13-16(11-14-5-3-8-17(12-14)21(22)23)19-10-4-7-15-6-1-2-9-18(15)19/h1-12H/b16-11-. The van der Waals surface area contributed by atoms with Gasteiger partial charge in [0.1, 0.15) is 0 Å². The van der Waals surface area contributed by atoms with Crippen LogP contribution in [0.2, 0.25) is 0 Å². The Bertz CT molecular complexity index is 963. The number of nitro benzene ring substituents is 1. The average molecular weight is 300 g/mol. The number of allylic oxidation sites excluding steroid dienone is 1. The predicted molar refractivity (Wildman–Crippen MR) is 90.5 cm³/mol. The van der Waals surface area contributed by atoms with Crippen LogP contribution in [0.3, 0.4) is 0 Å². The Labute approximate surface area is 133 Å². The molecule has 23 heavy (non-hydrogen) atoms. The molecule has 110 valence electrons. The third kappa shape index (κ3) is 2.94. The lowest BCUT2D eigenvalue weighted by molar-refractivity contribution is -0.384. The van der Waals surface area contributed by atoms with Gasteiger partial charge in [-0.3, -0.25) is 10.1 Å². The number of benzene rings is 3. The van der Waals surface area contributed by atoms with Crippen LogP contribution in [0.1, 0.15) is 11.1 Å². The van der Waals surface area contributed by atoms with Gasteiger partial charge in [-0.1, -0.05) is 54.6 Å². The van der Waals surface area contributed by atoms with Crippen molar-refractivity contribution in [3.63, 3.8) is 0 Å². The van der Waals surface area contributed by atoms with Crippen molar-refractivity contribution in [2.45, 2.75) is 0 Å². The first-order valence-electron chi connectivity index (χ1n) is 7.03. The summed E-state index contributed by atoms with van der Waals surface area (Å²) < 4.78 is 0. The van der Waals surface area contributed by atoms with E-state index in [2.05, 4.69) is 6.07 Å². The third-order valence-corrected chi connectivity index (χ3v) is 3.59. The first-order valence-corrected chi connectivity index (χ1v) is 7.03. The molecule has 0 aromatic heterocycles. The van der Waals surface area contributed by atoms with E-state index in [1.54, 1.807) is 18.2 Å². The number of hydrogen-bond donors (Lipinski definition) is 0. The minimum atomic E-state index is -0.443. The molecule has 0 aliphatic carbocycles. The Morgan fingerprint density at radius 3 is 2.57 bits per heavy atom. The van der Waals surface area contributed by atoms with Gasteiger partial charge in [-0.25, -0.2) is 0 Å². The van der Waals surface area contributed by atoms with E-state index in [-0.39, 0.29) is 5.69 Å². The number of fused-ring (bicyclic) bond motifs is 1. The van der Waals surface area contributed by atoms with Gasteiger partial charge in [0.05, 0.1) is 16.6 Å². The number of rotatable bonds is 3. The molecule has 0 N–H and O–H groups in total. The zero-order valence-electron chi connectivity index (χ0n) is 12.1. The summed E-state index contributed by atoms with van der Waals surface area (Å²) in [6, 6.07) is 22.0. The van der Waals surface area contributed by atoms with E-state index < -0.39 is 4.92 Å². The van der Waals surface area contributed by atoms with Crippen molar-refractivity contribution in [1.82, 2.24) is 0 Å². The first-order chi connectivity index (χ1) is 11.2. The second-order valence-corrected chi connectivity index (χ2v) is 5.05. The van der Waals surface area contributed by atoms with Gasteiger partial charge in [0.15, 0.2) is 0 Å². The molecule has 0 radical (unpaired) electrons. The summed E-state index contributed by atoms with van der Waals surface area (Å²) in [5.41, 5.74) is 1.93. The maximum Gasteiger partial charge on any atom is 0.270 e. The quantitative estimate of drug-likeness (QED) is 0.301. The minimum absolute atomic E-state index is 0.00830. The van der Waals surface area contributed by atoms with E-state index in [1.165, 1.54) is 12.1 Å². The van der Waals surface area contributed by atoms with E-state index in [0.29, 0.717) is 11.1 Å². The number of nitro groups is 1. The fraction of sp³-hybridized carbons (Fsp3) is 0. The van der Waals surface area contributed by atoms with Gasteiger partial charge < -0.3 is 0 Å². The highest BCUT2D eigenvalue weighted by Gasteiger charge is 2.08. The van der Waals surface area contributed by atoms with Gasteiger partial charge in [0, 0.05) is 17.7 Å². The van der Waals surface area contributed by atoms with Crippen molar-refractivity contribution in [3.05, 3.63) is 88.0 Å². The molecule has 0 bridgehead atoms. The molecule has 0 fully saturated rings. The van der Waals surface area contributed by atoms with E-state index >= 15 is 0 Å². The second kappa shape index (κ2) is 6.12. The molecular weight excluding hydrogens is 288 g/mol. The Hall–Kier alpha value is -3.45. The highest BCUT2D eigenvalue weighted by atomic mass is 16.6. The van der Waals surface area contributed by atoms with Crippen molar-refractivity contribution in [3.8, 4) is 6.07 Å². The lowest BCUT2D eigenvalue weighted by atomic mass is 9.97. The van der Waals surface area contributed by atoms with Crippen LogP contribution in [-0.4, -0.2) is 4.92 Å². The fourth-order valence-corrected chi connectivity index (χ4v) is 2.53. The molecule has 0 unspecified atom stereocenters. The molecule has 3 aromatic carbocycles. The van der Waals surface area contributed by atoms with Crippen LogP contribution in [-0.2, 0) is 0 Å². The zero-order valence-corrected chi connectivity index (χ0v) is 12.1. The van der Waals surface area contributed by atoms with Crippen LogP contribution < -0.4 is 0 Å². The molecule has 4 heteroatoms. The van der Waals surface area contributed by atoms with Gasteiger partial charge >= 0.3 is 0 Å². The molecule has 0 saturated heterocycles. The molecule has 0 aliphatic rings. The lowest BCUT2D eigenvalue weighted by Gasteiger charge is -2.05. The zero-order chi connectivity index (χ0) is 16.2. The maximum atomic E-state index is 10.9. The second-order valence-electron chi connectivity index (χ2n) is 5.05. The fourth-order valence-electron chi connectivity index (χ4n) is 2.53. The van der Waals surface area contributed by atoms with Crippen molar-refractivity contribution in [1.29, 1.82) is 5.26 Å². The number of nitrogens with zero attached hydrogens (tertiary/aromatic N) is 2. The Morgan fingerprint density at radius 1 is 1.04 bits per heavy atom. The molecule has 0 amide bonds. The molecule has 4 nitrogen and oxygen atoms in total. The number of non-ortho nitro benzene ring substituents is 1. The summed E-state index contributed by atoms with van der Waals surface area (Å²) in [5.74, 6) is 0. The van der Waals surface area contributed by atoms with Crippen LogP contribution in [0.5, 0.6) is 0 Å². The molecule has 3 aromatic rings. The monoisotopic (exact) mass is 300 g/mol. The van der Waals surface area contributed by atoms with E-state index in [1.807, 2.05) is 42.5 Å². The summed E-state index contributed by atoms with van der Waals surface area (Å²) in [6.45, 7) is 0. The van der Waals surface area contributed by atoms with Crippen molar-refractivity contribution in [2.24, 2.45) is 0 Å². The number of nitriles is 1. The smallest absolute Gasteiger partial charge is 0.258 e. The van der Waals surface area contributed by atoms with Crippen molar-refractivity contribution in [2.75, 3.05) is 0 Å². The summed E-state index contributed by atoms with van der Waals surface area (Å²) in [7, 11) is 0. The molecule has 0 spiro atoms. The van der Waals surface area contributed by atoms with Gasteiger partial charge in [0.2, 0.25) is 0 Å². The minimum Gasteiger partial charge on any atom is -0.258 e. The van der Waals surface area contributed by atoms with E-state index in [4.69, 9.17) is 0 Å². The largest absolute Gasteiger partial charge is 0.270 e. The lowest BCUT2D eigenvalue weighted by Crippen LogP contribution is -1.88. The van der Waals surface area contributed by atoms with Crippen LogP contribution in [0.25, 0.3) is 22.4 Å². The van der Waals surface area contributed by atoms with Crippen LogP contribution in [0.4, 0.5) is 5.69 Å². The number of hydrogen-bond acceptors (Lipinski definition) is 3. The normalized spacial score (nSPS) is 11.2.